The van der Waals surface area contributed by atoms with Crippen molar-refractivity contribution in [3.8, 4) is 0 Å². The third-order valence-corrected chi connectivity index (χ3v) is 3.41. The average Bonchev–Trinajstić information content (AvgIpc) is 2.64. The summed E-state index contributed by atoms with van der Waals surface area (Å²) in [5.74, 6) is 0. The first-order valence-electron chi connectivity index (χ1n) is 5.64. The van der Waals surface area contributed by atoms with Crippen molar-refractivity contribution in [3.63, 3.8) is 0 Å². The van der Waals surface area contributed by atoms with E-state index in [1.807, 2.05) is 0 Å². The van der Waals surface area contributed by atoms with E-state index < -0.39 is 0 Å². The molecule has 2 unspecified atom stereocenters. The summed E-state index contributed by atoms with van der Waals surface area (Å²) in [6.45, 7) is 9.68. The molecule has 2 saturated heterocycles. The van der Waals surface area contributed by atoms with Crippen molar-refractivity contribution >= 4 is 0 Å². The van der Waals surface area contributed by atoms with E-state index in [4.69, 9.17) is 4.74 Å². The van der Waals surface area contributed by atoms with Crippen LogP contribution in [-0.4, -0.2) is 31.5 Å². The minimum atomic E-state index is -0.147. The summed E-state index contributed by atoms with van der Waals surface area (Å²) >= 11 is 0. The average molecular weight is 198 g/mol. The Bertz CT molecular complexity index is 199. The number of ether oxygens (including phenoxy) is 1. The van der Waals surface area contributed by atoms with Gasteiger partial charge in [-0.2, -0.15) is 0 Å². The molecule has 14 heavy (non-hydrogen) atoms. The van der Waals surface area contributed by atoms with Crippen LogP contribution in [0.5, 0.6) is 0 Å². The second kappa shape index (κ2) is 3.47. The maximum Gasteiger partial charge on any atom is 0.131 e. The minimum Gasteiger partial charge on any atom is -0.359 e. The Labute approximate surface area is 86.6 Å². The van der Waals surface area contributed by atoms with Crippen LogP contribution in [0, 0.1) is 5.41 Å². The molecular weight excluding hydrogens is 176 g/mol. The fraction of sp³-hybridized carbons (Fsp3) is 1.00. The predicted octanol–water partition coefficient (Wildman–Crippen LogP) is 1.10. The van der Waals surface area contributed by atoms with E-state index in [-0.39, 0.29) is 11.1 Å². The van der Waals surface area contributed by atoms with Gasteiger partial charge in [-0.15, -0.1) is 0 Å². The van der Waals surface area contributed by atoms with Gasteiger partial charge in [-0.05, 0) is 26.3 Å². The Morgan fingerprint density at radius 3 is 2.57 bits per heavy atom. The highest BCUT2D eigenvalue weighted by Gasteiger charge is 2.42. The topological polar surface area (TPSA) is 33.3 Å². The van der Waals surface area contributed by atoms with Crippen molar-refractivity contribution in [1.29, 1.82) is 0 Å². The molecule has 0 radical (unpaired) electrons. The van der Waals surface area contributed by atoms with Crippen LogP contribution >= 0.6 is 0 Å². The highest BCUT2D eigenvalue weighted by atomic mass is 16.5. The van der Waals surface area contributed by atoms with Crippen LogP contribution in [-0.2, 0) is 4.74 Å². The molecule has 82 valence electrons. The summed E-state index contributed by atoms with van der Waals surface area (Å²) in [7, 11) is 0. The molecule has 2 fully saturated rings. The van der Waals surface area contributed by atoms with Gasteiger partial charge in [-0.1, -0.05) is 13.8 Å². The van der Waals surface area contributed by atoms with Crippen molar-refractivity contribution in [1.82, 2.24) is 10.6 Å². The van der Waals surface area contributed by atoms with E-state index in [0.717, 1.165) is 19.7 Å². The van der Waals surface area contributed by atoms with Crippen molar-refractivity contribution in [2.75, 3.05) is 19.7 Å². The van der Waals surface area contributed by atoms with Gasteiger partial charge in [0.25, 0.3) is 0 Å². The Balaban J connectivity index is 1.97. The summed E-state index contributed by atoms with van der Waals surface area (Å²) in [4.78, 5) is 0. The van der Waals surface area contributed by atoms with Crippen LogP contribution in [0.3, 0.4) is 0 Å². The molecule has 2 aliphatic rings. The van der Waals surface area contributed by atoms with Crippen molar-refractivity contribution in [3.05, 3.63) is 0 Å². The second-order valence-corrected chi connectivity index (χ2v) is 5.56. The standard InChI is InChI=1S/C11H22N2O/c1-10(2)7-13-11(3,14-8-10)9-5-4-6-12-9/h9,12-13H,4-8H2,1-3H3. The molecule has 2 atom stereocenters. The van der Waals surface area contributed by atoms with Gasteiger partial charge in [0.1, 0.15) is 5.72 Å². The zero-order valence-electron chi connectivity index (χ0n) is 9.52. The third kappa shape index (κ3) is 1.95. The maximum absolute atomic E-state index is 5.99. The van der Waals surface area contributed by atoms with Gasteiger partial charge in [-0.25, -0.2) is 0 Å². The first kappa shape index (κ1) is 10.4. The molecule has 2 N–H and O–H groups in total. The normalized spacial score (nSPS) is 42.6. The lowest BCUT2D eigenvalue weighted by Crippen LogP contribution is -2.63. The Morgan fingerprint density at radius 2 is 2.07 bits per heavy atom. The molecule has 3 nitrogen and oxygen atoms in total. The van der Waals surface area contributed by atoms with E-state index in [0.29, 0.717) is 6.04 Å². The SMILES string of the molecule is CC1(C)CNC(C)(C2CCCN2)OC1. The quantitative estimate of drug-likeness (QED) is 0.662. The molecule has 0 saturated carbocycles. The molecule has 0 bridgehead atoms. The first-order valence-corrected chi connectivity index (χ1v) is 5.64. The van der Waals surface area contributed by atoms with Crippen molar-refractivity contribution < 1.29 is 4.74 Å². The minimum absolute atomic E-state index is 0.147. The van der Waals surface area contributed by atoms with Crippen LogP contribution < -0.4 is 10.6 Å². The maximum atomic E-state index is 5.99. The van der Waals surface area contributed by atoms with E-state index in [1.165, 1.54) is 12.8 Å². The van der Waals surface area contributed by atoms with Crippen LogP contribution in [0.1, 0.15) is 33.6 Å². The summed E-state index contributed by atoms with van der Waals surface area (Å²) in [5.41, 5.74) is 0.129. The fourth-order valence-corrected chi connectivity index (χ4v) is 2.24. The van der Waals surface area contributed by atoms with Gasteiger partial charge in [0, 0.05) is 18.0 Å². The molecule has 0 aromatic carbocycles. The summed E-state index contributed by atoms with van der Waals surface area (Å²) in [6, 6.07) is 0.485. The highest BCUT2D eigenvalue weighted by molar-refractivity contribution is 4.95. The zero-order chi connectivity index (χ0) is 10.2. The highest BCUT2D eigenvalue weighted by Crippen LogP contribution is 2.29. The molecule has 0 spiro atoms. The summed E-state index contributed by atoms with van der Waals surface area (Å²) in [5, 5.41) is 7.05. The van der Waals surface area contributed by atoms with Gasteiger partial charge in [0.2, 0.25) is 0 Å². The largest absolute Gasteiger partial charge is 0.359 e. The zero-order valence-corrected chi connectivity index (χ0v) is 9.52. The Morgan fingerprint density at radius 1 is 1.29 bits per heavy atom. The molecular formula is C11H22N2O. The van der Waals surface area contributed by atoms with Crippen LogP contribution in [0.2, 0.25) is 0 Å². The van der Waals surface area contributed by atoms with E-state index in [2.05, 4.69) is 31.4 Å². The van der Waals surface area contributed by atoms with E-state index in [1.54, 1.807) is 0 Å². The predicted molar refractivity (Wildman–Crippen MR) is 57.2 cm³/mol. The van der Waals surface area contributed by atoms with Crippen LogP contribution in [0.25, 0.3) is 0 Å². The first-order chi connectivity index (χ1) is 6.52. The number of hydrogen-bond donors (Lipinski definition) is 2. The van der Waals surface area contributed by atoms with Crippen molar-refractivity contribution in [2.45, 2.75) is 45.4 Å². The molecule has 0 aliphatic carbocycles. The smallest absolute Gasteiger partial charge is 0.131 e. The molecule has 0 aromatic rings. The van der Waals surface area contributed by atoms with Gasteiger partial charge in [0.15, 0.2) is 0 Å². The Kier molecular flexibility index (Phi) is 2.58. The molecule has 2 heterocycles. The van der Waals surface area contributed by atoms with Crippen LogP contribution in [0.15, 0.2) is 0 Å². The van der Waals surface area contributed by atoms with E-state index in [9.17, 15) is 0 Å². The number of rotatable bonds is 1. The lowest BCUT2D eigenvalue weighted by Gasteiger charge is -2.45. The molecule has 0 aromatic heterocycles. The van der Waals surface area contributed by atoms with Crippen LogP contribution in [0.4, 0.5) is 0 Å². The Hall–Kier alpha value is -0.120. The van der Waals surface area contributed by atoms with E-state index >= 15 is 0 Å². The molecule has 2 rings (SSSR count). The van der Waals surface area contributed by atoms with Gasteiger partial charge < -0.3 is 10.1 Å². The lowest BCUT2D eigenvalue weighted by atomic mass is 9.90. The third-order valence-electron chi connectivity index (χ3n) is 3.41. The summed E-state index contributed by atoms with van der Waals surface area (Å²) in [6.07, 6.45) is 2.50. The fourth-order valence-electron chi connectivity index (χ4n) is 2.24. The molecule has 2 aliphatic heterocycles. The van der Waals surface area contributed by atoms with Gasteiger partial charge in [0.05, 0.1) is 6.61 Å². The summed E-state index contributed by atoms with van der Waals surface area (Å²) < 4.78 is 5.99. The lowest BCUT2D eigenvalue weighted by molar-refractivity contribution is -0.141. The molecule has 3 heteroatoms. The van der Waals surface area contributed by atoms with Gasteiger partial charge in [-0.3, -0.25) is 5.32 Å². The monoisotopic (exact) mass is 198 g/mol. The second-order valence-electron chi connectivity index (χ2n) is 5.56. The molecule has 0 amide bonds. The number of hydrogen-bond acceptors (Lipinski definition) is 3. The van der Waals surface area contributed by atoms with Gasteiger partial charge >= 0.3 is 0 Å². The number of nitrogens with one attached hydrogen (secondary N) is 2. The van der Waals surface area contributed by atoms with Crippen molar-refractivity contribution in [2.24, 2.45) is 5.41 Å².